The molecule has 0 aromatic heterocycles. The molecule has 0 bridgehead atoms. The number of rotatable bonds is 5. The van der Waals surface area contributed by atoms with Gasteiger partial charge in [-0.3, -0.25) is 0 Å². The summed E-state index contributed by atoms with van der Waals surface area (Å²) in [6, 6.07) is 18.3. The fourth-order valence-electron chi connectivity index (χ4n) is 3.58. The van der Waals surface area contributed by atoms with Gasteiger partial charge in [0.2, 0.25) is 0 Å². The Bertz CT molecular complexity index is 673. The first-order valence-corrected chi connectivity index (χ1v) is 9.00. The third-order valence-corrected chi connectivity index (χ3v) is 5.26. The molecule has 0 N–H and O–H groups in total. The molecule has 24 heavy (non-hydrogen) atoms. The van der Waals surface area contributed by atoms with Crippen molar-refractivity contribution in [2.45, 2.75) is 51.6 Å². The van der Waals surface area contributed by atoms with E-state index in [9.17, 15) is 0 Å². The summed E-state index contributed by atoms with van der Waals surface area (Å²) in [6.07, 6.45) is 6.76. The summed E-state index contributed by atoms with van der Waals surface area (Å²) in [5.74, 6) is 2.48. The van der Waals surface area contributed by atoms with Gasteiger partial charge in [-0.2, -0.15) is 5.26 Å². The van der Waals surface area contributed by atoms with Gasteiger partial charge in [0.05, 0.1) is 11.6 Å². The molecule has 1 saturated carbocycles. The lowest BCUT2D eigenvalue weighted by atomic mass is 9.78. The second kappa shape index (κ2) is 8.02. The Morgan fingerprint density at radius 3 is 2.21 bits per heavy atom. The molecule has 124 valence electrons. The molecule has 0 saturated heterocycles. The molecular weight excluding hydrogens is 294 g/mol. The standard InChI is InChI=1S/C22H25NO/c1-2-17-3-9-20(10-4-17)21-11-5-19(6-12-21)16-24-22-13-7-18(15-23)8-14-22/h5-8,11-14,17,20H,2-4,9-10,16H2,1H3/t17-,20-. The normalized spacial score (nSPS) is 20.3. The Labute approximate surface area is 145 Å². The zero-order valence-electron chi connectivity index (χ0n) is 14.4. The van der Waals surface area contributed by atoms with Crippen molar-refractivity contribution in [3.8, 4) is 11.8 Å². The van der Waals surface area contributed by atoms with Crippen molar-refractivity contribution in [1.82, 2.24) is 0 Å². The van der Waals surface area contributed by atoms with Crippen LogP contribution in [0.5, 0.6) is 5.75 Å². The first kappa shape index (κ1) is 16.6. The van der Waals surface area contributed by atoms with Crippen molar-refractivity contribution in [2.24, 2.45) is 5.92 Å². The Morgan fingerprint density at radius 1 is 0.958 bits per heavy atom. The monoisotopic (exact) mass is 319 g/mol. The lowest BCUT2D eigenvalue weighted by molar-refractivity contribution is 0.305. The molecular formula is C22H25NO. The summed E-state index contributed by atoms with van der Waals surface area (Å²) >= 11 is 0. The van der Waals surface area contributed by atoms with Crippen LogP contribution in [0.2, 0.25) is 0 Å². The maximum atomic E-state index is 8.81. The Balaban J connectivity index is 1.53. The van der Waals surface area contributed by atoms with Crippen molar-refractivity contribution in [2.75, 3.05) is 0 Å². The Hall–Kier alpha value is -2.27. The van der Waals surface area contributed by atoms with Crippen molar-refractivity contribution >= 4 is 0 Å². The van der Waals surface area contributed by atoms with Gasteiger partial charge in [0.15, 0.2) is 0 Å². The minimum atomic E-state index is 0.564. The van der Waals surface area contributed by atoms with E-state index in [1.54, 1.807) is 12.1 Å². The number of nitriles is 1. The quantitative estimate of drug-likeness (QED) is 0.695. The molecule has 0 unspecified atom stereocenters. The van der Waals surface area contributed by atoms with E-state index in [1.807, 2.05) is 12.1 Å². The van der Waals surface area contributed by atoms with Crippen molar-refractivity contribution in [3.05, 3.63) is 65.2 Å². The average Bonchev–Trinajstić information content (AvgIpc) is 2.67. The molecule has 0 radical (unpaired) electrons. The second-order valence-electron chi connectivity index (χ2n) is 6.79. The van der Waals surface area contributed by atoms with Gasteiger partial charge in [0.25, 0.3) is 0 Å². The summed E-state index contributed by atoms with van der Waals surface area (Å²) < 4.78 is 5.80. The molecule has 0 heterocycles. The number of nitrogens with zero attached hydrogens (tertiary/aromatic N) is 1. The third kappa shape index (κ3) is 4.17. The highest BCUT2D eigenvalue weighted by Gasteiger charge is 2.21. The molecule has 1 aliphatic rings. The van der Waals surface area contributed by atoms with Crippen LogP contribution in [0.4, 0.5) is 0 Å². The van der Waals surface area contributed by atoms with E-state index in [4.69, 9.17) is 10.00 Å². The van der Waals surface area contributed by atoms with Gasteiger partial charge in [-0.1, -0.05) is 37.6 Å². The predicted octanol–water partition coefficient (Wildman–Crippen LogP) is 5.82. The van der Waals surface area contributed by atoms with Crippen molar-refractivity contribution in [1.29, 1.82) is 5.26 Å². The molecule has 1 fully saturated rings. The Morgan fingerprint density at radius 2 is 1.62 bits per heavy atom. The summed E-state index contributed by atoms with van der Waals surface area (Å²) in [4.78, 5) is 0. The van der Waals surface area contributed by atoms with Crippen LogP contribution in [0.3, 0.4) is 0 Å². The highest BCUT2D eigenvalue weighted by atomic mass is 16.5. The van der Waals surface area contributed by atoms with Crippen LogP contribution >= 0.6 is 0 Å². The fourth-order valence-corrected chi connectivity index (χ4v) is 3.58. The van der Waals surface area contributed by atoms with Gasteiger partial charge >= 0.3 is 0 Å². The van der Waals surface area contributed by atoms with Crippen LogP contribution in [0.25, 0.3) is 0 Å². The van der Waals surface area contributed by atoms with Gasteiger partial charge in [0, 0.05) is 0 Å². The van der Waals surface area contributed by atoms with E-state index in [2.05, 4.69) is 37.3 Å². The van der Waals surface area contributed by atoms with Gasteiger partial charge in [-0.05, 0) is 72.9 Å². The number of ether oxygens (including phenoxy) is 1. The van der Waals surface area contributed by atoms with Crippen molar-refractivity contribution in [3.63, 3.8) is 0 Å². The summed E-state index contributed by atoms with van der Waals surface area (Å²) in [5.41, 5.74) is 3.32. The van der Waals surface area contributed by atoms with Crippen LogP contribution in [0.1, 0.15) is 61.6 Å². The molecule has 3 rings (SSSR count). The van der Waals surface area contributed by atoms with Gasteiger partial charge in [-0.25, -0.2) is 0 Å². The van der Waals surface area contributed by atoms with E-state index < -0.39 is 0 Å². The highest BCUT2D eigenvalue weighted by Crippen LogP contribution is 2.36. The van der Waals surface area contributed by atoms with Crippen molar-refractivity contribution < 1.29 is 4.74 Å². The molecule has 2 aromatic rings. The summed E-state index contributed by atoms with van der Waals surface area (Å²) in [7, 11) is 0. The first-order chi connectivity index (χ1) is 11.8. The minimum absolute atomic E-state index is 0.564. The van der Waals surface area contributed by atoms with E-state index in [0.717, 1.165) is 17.6 Å². The molecule has 0 amide bonds. The van der Waals surface area contributed by atoms with E-state index in [-0.39, 0.29) is 0 Å². The molecule has 2 aromatic carbocycles. The number of hydrogen-bond acceptors (Lipinski definition) is 2. The SMILES string of the molecule is CC[C@H]1CC[C@H](c2ccc(COc3ccc(C#N)cc3)cc2)CC1. The number of benzene rings is 2. The lowest BCUT2D eigenvalue weighted by Gasteiger charge is -2.28. The van der Waals surface area contributed by atoms with Crippen LogP contribution in [-0.2, 0) is 6.61 Å². The smallest absolute Gasteiger partial charge is 0.119 e. The van der Waals surface area contributed by atoms with Crippen LogP contribution in [-0.4, -0.2) is 0 Å². The molecule has 0 aliphatic heterocycles. The molecule has 2 nitrogen and oxygen atoms in total. The zero-order valence-corrected chi connectivity index (χ0v) is 14.4. The molecule has 2 heteroatoms. The molecule has 0 spiro atoms. The van der Waals surface area contributed by atoms with Gasteiger partial charge < -0.3 is 4.74 Å². The number of hydrogen-bond donors (Lipinski definition) is 0. The maximum absolute atomic E-state index is 8.81. The lowest BCUT2D eigenvalue weighted by Crippen LogP contribution is -2.12. The maximum Gasteiger partial charge on any atom is 0.119 e. The highest BCUT2D eigenvalue weighted by molar-refractivity contribution is 5.34. The third-order valence-electron chi connectivity index (χ3n) is 5.26. The second-order valence-corrected chi connectivity index (χ2v) is 6.79. The zero-order chi connectivity index (χ0) is 16.8. The van der Waals surface area contributed by atoms with Gasteiger partial charge in [-0.15, -0.1) is 0 Å². The molecule has 1 aliphatic carbocycles. The predicted molar refractivity (Wildman–Crippen MR) is 96.9 cm³/mol. The van der Waals surface area contributed by atoms with E-state index in [0.29, 0.717) is 12.2 Å². The topological polar surface area (TPSA) is 33.0 Å². The first-order valence-electron chi connectivity index (χ1n) is 9.00. The van der Waals surface area contributed by atoms with E-state index >= 15 is 0 Å². The summed E-state index contributed by atoms with van der Waals surface area (Å²) in [5, 5.41) is 8.81. The van der Waals surface area contributed by atoms with Crippen LogP contribution < -0.4 is 4.74 Å². The average molecular weight is 319 g/mol. The van der Waals surface area contributed by atoms with E-state index in [1.165, 1.54) is 43.2 Å². The Kier molecular flexibility index (Phi) is 5.54. The van der Waals surface area contributed by atoms with Crippen LogP contribution in [0.15, 0.2) is 48.5 Å². The van der Waals surface area contributed by atoms with Crippen LogP contribution in [0, 0.1) is 17.2 Å². The largest absolute Gasteiger partial charge is 0.489 e. The fraction of sp³-hybridized carbons (Fsp3) is 0.409. The van der Waals surface area contributed by atoms with Gasteiger partial charge in [0.1, 0.15) is 12.4 Å². The molecule has 0 atom stereocenters. The minimum Gasteiger partial charge on any atom is -0.489 e. The summed E-state index contributed by atoms with van der Waals surface area (Å²) in [6.45, 7) is 2.88.